The predicted molar refractivity (Wildman–Crippen MR) is 88.5 cm³/mol. The number of anilines is 2. The number of aromatic nitrogens is 1. The molecule has 0 spiro atoms. The molecule has 1 aliphatic heterocycles. The van der Waals surface area contributed by atoms with Gasteiger partial charge >= 0.3 is 0 Å². The Balaban J connectivity index is 1.80. The van der Waals surface area contributed by atoms with Gasteiger partial charge in [0.15, 0.2) is 5.13 Å². The molecule has 0 aliphatic carbocycles. The van der Waals surface area contributed by atoms with E-state index in [1.54, 1.807) is 23.7 Å². The Morgan fingerprint density at radius 1 is 1.32 bits per heavy atom. The first-order valence-corrected chi connectivity index (χ1v) is 9.12. The van der Waals surface area contributed by atoms with Crippen LogP contribution in [-0.2, 0) is 10.0 Å². The van der Waals surface area contributed by atoms with Gasteiger partial charge in [-0.15, -0.1) is 11.3 Å². The Morgan fingerprint density at radius 3 is 2.73 bits per heavy atom. The van der Waals surface area contributed by atoms with Crippen LogP contribution in [0.2, 0.25) is 0 Å². The van der Waals surface area contributed by atoms with E-state index in [4.69, 9.17) is 0 Å². The monoisotopic (exact) mass is 336 g/mol. The van der Waals surface area contributed by atoms with E-state index in [-0.39, 0.29) is 4.90 Å². The van der Waals surface area contributed by atoms with E-state index in [9.17, 15) is 8.42 Å². The van der Waals surface area contributed by atoms with E-state index in [1.807, 2.05) is 25.3 Å². The molecule has 0 amide bonds. The van der Waals surface area contributed by atoms with Gasteiger partial charge in [-0.2, -0.15) is 0 Å². The van der Waals surface area contributed by atoms with Crippen molar-refractivity contribution in [2.75, 3.05) is 22.7 Å². The molecule has 2 N–H and O–H groups in total. The Kier molecular flexibility index (Phi) is 4.04. The summed E-state index contributed by atoms with van der Waals surface area (Å²) in [7, 11) is -3.59. The first-order chi connectivity index (χ1) is 10.5. The maximum atomic E-state index is 12.3. The summed E-state index contributed by atoms with van der Waals surface area (Å²) in [4.78, 5) is 6.25. The van der Waals surface area contributed by atoms with Crippen LogP contribution < -0.4 is 14.9 Å². The first-order valence-electron chi connectivity index (χ1n) is 6.76. The molecule has 22 heavy (non-hydrogen) atoms. The van der Waals surface area contributed by atoms with Gasteiger partial charge in [0.25, 0.3) is 10.0 Å². The van der Waals surface area contributed by atoms with Gasteiger partial charge < -0.3 is 10.2 Å². The molecule has 6 nitrogen and oxygen atoms in total. The largest absolute Gasteiger partial charge is 0.386 e. The summed E-state index contributed by atoms with van der Waals surface area (Å²) >= 11 is 1.25. The zero-order valence-corrected chi connectivity index (χ0v) is 13.6. The zero-order valence-electron chi connectivity index (χ0n) is 12.0. The zero-order chi connectivity index (χ0) is 15.6. The molecule has 0 saturated heterocycles. The molecule has 0 fully saturated rings. The number of hydrogen-bond donors (Lipinski definition) is 2. The second-order valence-corrected chi connectivity index (χ2v) is 7.45. The summed E-state index contributed by atoms with van der Waals surface area (Å²) in [5, 5.41) is 5.34. The highest BCUT2D eigenvalue weighted by molar-refractivity contribution is 7.93. The van der Waals surface area contributed by atoms with E-state index in [2.05, 4.69) is 19.9 Å². The van der Waals surface area contributed by atoms with Gasteiger partial charge in [-0.1, -0.05) is 0 Å². The average molecular weight is 336 g/mol. The number of sulfonamides is 1. The number of hydrogen-bond acceptors (Lipinski definition) is 6. The van der Waals surface area contributed by atoms with Crippen molar-refractivity contribution < 1.29 is 8.42 Å². The van der Waals surface area contributed by atoms with Crippen LogP contribution in [0.25, 0.3) is 0 Å². The first kappa shape index (κ1) is 14.9. The van der Waals surface area contributed by atoms with Gasteiger partial charge in [-0.3, -0.25) is 4.72 Å². The summed E-state index contributed by atoms with van der Waals surface area (Å²) in [5.74, 6) is 0. The summed E-state index contributed by atoms with van der Waals surface area (Å²) in [6.45, 7) is 3.72. The standard InChI is InChI=1S/C14H16N4O2S2/c1-11-10-18(8-6-15-11)12-2-4-13(5-3-12)22(19,20)17-14-16-7-9-21-14/h2-5,7,9-10,15H,6,8H2,1H3,(H,16,17). The maximum absolute atomic E-state index is 12.3. The van der Waals surface area contributed by atoms with Gasteiger partial charge in [0, 0.05) is 42.3 Å². The second-order valence-electron chi connectivity index (χ2n) is 4.87. The fourth-order valence-electron chi connectivity index (χ4n) is 2.19. The molecule has 0 unspecified atom stereocenters. The molecule has 2 heterocycles. The van der Waals surface area contributed by atoms with Gasteiger partial charge in [-0.25, -0.2) is 13.4 Å². The van der Waals surface area contributed by atoms with E-state index < -0.39 is 10.0 Å². The van der Waals surface area contributed by atoms with Crippen molar-refractivity contribution >= 4 is 32.2 Å². The van der Waals surface area contributed by atoms with Crippen molar-refractivity contribution in [3.05, 3.63) is 47.7 Å². The minimum absolute atomic E-state index is 0.224. The number of benzene rings is 1. The third-order valence-corrected chi connectivity index (χ3v) is 5.41. The van der Waals surface area contributed by atoms with Crippen LogP contribution in [0.5, 0.6) is 0 Å². The smallest absolute Gasteiger partial charge is 0.263 e. The predicted octanol–water partition coefficient (Wildman–Crippen LogP) is 2.21. The molecule has 0 atom stereocenters. The molecule has 1 aliphatic rings. The van der Waals surface area contributed by atoms with E-state index in [1.165, 1.54) is 11.3 Å². The molecule has 3 rings (SSSR count). The minimum atomic E-state index is -3.59. The molecule has 0 radical (unpaired) electrons. The van der Waals surface area contributed by atoms with Crippen molar-refractivity contribution in [3.63, 3.8) is 0 Å². The highest BCUT2D eigenvalue weighted by Crippen LogP contribution is 2.22. The van der Waals surface area contributed by atoms with Gasteiger partial charge in [-0.05, 0) is 31.2 Å². The topological polar surface area (TPSA) is 74.3 Å². The Bertz CT molecular complexity index is 768. The fraction of sp³-hybridized carbons (Fsp3) is 0.214. The van der Waals surface area contributed by atoms with Crippen LogP contribution >= 0.6 is 11.3 Å². The van der Waals surface area contributed by atoms with Gasteiger partial charge in [0.05, 0.1) is 4.90 Å². The second kappa shape index (κ2) is 5.98. The number of rotatable bonds is 4. The lowest BCUT2D eigenvalue weighted by molar-refractivity contribution is 0.601. The summed E-state index contributed by atoms with van der Waals surface area (Å²) in [6, 6.07) is 6.84. The van der Waals surface area contributed by atoms with Crippen LogP contribution in [0.1, 0.15) is 6.92 Å². The highest BCUT2D eigenvalue weighted by atomic mass is 32.2. The summed E-state index contributed by atoms with van der Waals surface area (Å²) in [6.07, 6.45) is 3.57. The Morgan fingerprint density at radius 2 is 2.09 bits per heavy atom. The normalized spacial score (nSPS) is 15.1. The Hall–Kier alpha value is -2.06. The lowest BCUT2D eigenvalue weighted by atomic mass is 10.2. The number of nitrogens with zero attached hydrogens (tertiary/aromatic N) is 2. The Labute approximate surface area is 133 Å². The average Bonchev–Trinajstić information content (AvgIpc) is 2.99. The van der Waals surface area contributed by atoms with Crippen molar-refractivity contribution in [1.29, 1.82) is 0 Å². The number of thiazole rings is 1. The highest BCUT2D eigenvalue weighted by Gasteiger charge is 2.16. The van der Waals surface area contributed by atoms with Crippen LogP contribution in [0.4, 0.5) is 10.8 Å². The molecule has 1 aromatic heterocycles. The van der Waals surface area contributed by atoms with Crippen LogP contribution in [0.15, 0.2) is 52.6 Å². The molecule has 116 valence electrons. The molecular formula is C14H16N4O2S2. The van der Waals surface area contributed by atoms with Gasteiger partial charge in [0.2, 0.25) is 0 Å². The molecular weight excluding hydrogens is 320 g/mol. The summed E-state index contributed by atoms with van der Waals surface area (Å²) < 4.78 is 27.0. The van der Waals surface area contributed by atoms with Crippen LogP contribution in [-0.4, -0.2) is 26.5 Å². The van der Waals surface area contributed by atoms with Crippen LogP contribution in [0, 0.1) is 0 Å². The third kappa shape index (κ3) is 3.23. The molecule has 1 aromatic carbocycles. The maximum Gasteiger partial charge on any atom is 0.263 e. The fourth-order valence-corrected chi connectivity index (χ4v) is 3.97. The summed E-state index contributed by atoms with van der Waals surface area (Å²) in [5.41, 5.74) is 2.06. The van der Waals surface area contributed by atoms with Crippen molar-refractivity contribution in [1.82, 2.24) is 10.3 Å². The van der Waals surface area contributed by atoms with Crippen molar-refractivity contribution in [2.45, 2.75) is 11.8 Å². The SMILES string of the molecule is CC1=CN(c2ccc(S(=O)(=O)Nc3nccs3)cc2)CCN1. The lowest BCUT2D eigenvalue weighted by Crippen LogP contribution is -2.33. The number of allylic oxidation sites excluding steroid dienone is 1. The van der Waals surface area contributed by atoms with Gasteiger partial charge in [0.1, 0.15) is 0 Å². The van der Waals surface area contributed by atoms with E-state index in [0.29, 0.717) is 5.13 Å². The molecule has 0 bridgehead atoms. The quantitative estimate of drug-likeness (QED) is 0.895. The minimum Gasteiger partial charge on any atom is -0.386 e. The molecule has 8 heteroatoms. The van der Waals surface area contributed by atoms with E-state index >= 15 is 0 Å². The number of nitrogens with one attached hydrogen (secondary N) is 2. The molecule has 2 aromatic rings. The van der Waals surface area contributed by atoms with Crippen molar-refractivity contribution in [3.8, 4) is 0 Å². The lowest BCUT2D eigenvalue weighted by Gasteiger charge is -2.26. The molecule has 0 saturated carbocycles. The van der Waals surface area contributed by atoms with E-state index in [0.717, 1.165) is 24.5 Å². The van der Waals surface area contributed by atoms with Crippen molar-refractivity contribution in [2.24, 2.45) is 0 Å². The van der Waals surface area contributed by atoms with Crippen LogP contribution in [0.3, 0.4) is 0 Å². The third-order valence-electron chi connectivity index (χ3n) is 3.24.